The Balaban J connectivity index is 1.16. The molecule has 8 heteroatoms. The lowest BCUT2D eigenvalue weighted by molar-refractivity contribution is 0.0910. The van der Waals surface area contributed by atoms with Gasteiger partial charge in [0, 0.05) is 11.4 Å². The average molecular weight is 725 g/mol. The Morgan fingerprint density at radius 2 is 0.727 bits per heavy atom. The molecule has 4 amide bonds. The second-order valence-electron chi connectivity index (χ2n) is 14.7. The number of rotatable bonds is 5. The highest BCUT2D eigenvalue weighted by Gasteiger charge is 2.41. The van der Waals surface area contributed by atoms with Crippen LogP contribution in [0.4, 0.5) is 22.7 Å². The summed E-state index contributed by atoms with van der Waals surface area (Å²) in [6.07, 6.45) is 0. The standard InChI is InChI=1S/C47H40N4O4/c1-23-20-38(24(2)27(5)42(23)50-44(52)36-18-12-32(21-39(36)46(50)54)30-8-14-34(48)15-9-30)41-25(3)28(6)43(29(7)26(41)4)51-45(53)37-19-13-33(22-40(37)47(51)55)31-10-16-35(49)17-11-31/h8-22H,48-49H2,1-7H3. The summed E-state index contributed by atoms with van der Waals surface area (Å²) >= 11 is 0. The summed E-state index contributed by atoms with van der Waals surface area (Å²) in [6, 6.07) is 27.6. The van der Waals surface area contributed by atoms with Gasteiger partial charge in [-0.05, 0) is 175 Å². The molecule has 0 aromatic heterocycles. The van der Waals surface area contributed by atoms with Crippen molar-refractivity contribution in [3.05, 3.63) is 152 Å². The van der Waals surface area contributed by atoms with Gasteiger partial charge in [-0.3, -0.25) is 19.2 Å². The molecule has 6 aromatic rings. The molecule has 272 valence electrons. The van der Waals surface area contributed by atoms with Crippen molar-refractivity contribution in [2.45, 2.75) is 48.5 Å². The van der Waals surface area contributed by atoms with Gasteiger partial charge in [-0.25, -0.2) is 9.80 Å². The minimum absolute atomic E-state index is 0.352. The van der Waals surface area contributed by atoms with Crippen LogP contribution in [-0.2, 0) is 0 Å². The third-order valence-corrected chi connectivity index (χ3v) is 11.6. The lowest BCUT2D eigenvalue weighted by atomic mass is 9.84. The van der Waals surface area contributed by atoms with Gasteiger partial charge in [0.15, 0.2) is 0 Å². The van der Waals surface area contributed by atoms with Crippen LogP contribution in [0.1, 0.15) is 80.4 Å². The fourth-order valence-corrected chi connectivity index (χ4v) is 8.30. The topological polar surface area (TPSA) is 127 Å². The smallest absolute Gasteiger partial charge is 0.266 e. The number of imide groups is 2. The van der Waals surface area contributed by atoms with E-state index in [2.05, 4.69) is 0 Å². The second-order valence-corrected chi connectivity index (χ2v) is 14.7. The Morgan fingerprint density at radius 3 is 1.16 bits per heavy atom. The van der Waals surface area contributed by atoms with Crippen molar-refractivity contribution < 1.29 is 19.2 Å². The maximum Gasteiger partial charge on any atom is 0.266 e. The number of hydrogen-bond donors (Lipinski definition) is 2. The van der Waals surface area contributed by atoms with Crippen LogP contribution in [0.3, 0.4) is 0 Å². The molecule has 55 heavy (non-hydrogen) atoms. The van der Waals surface area contributed by atoms with Gasteiger partial charge in [0.1, 0.15) is 0 Å². The molecule has 0 unspecified atom stereocenters. The van der Waals surface area contributed by atoms with E-state index in [1.165, 1.54) is 9.80 Å². The molecule has 0 bridgehead atoms. The first-order valence-corrected chi connectivity index (χ1v) is 18.2. The first kappa shape index (κ1) is 35.2. The third-order valence-electron chi connectivity index (χ3n) is 11.6. The number of anilines is 4. The summed E-state index contributed by atoms with van der Waals surface area (Å²) < 4.78 is 0. The molecular formula is C47H40N4O4. The second kappa shape index (κ2) is 12.7. The van der Waals surface area contributed by atoms with E-state index in [-0.39, 0.29) is 23.6 Å². The van der Waals surface area contributed by atoms with Gasteiger partial charge in [-0.2, -0.15) is 0 Å². The van der Waals surface area contributed by atoms with Gasteiger partial charge in [-0.1, -0.05) is 36.4 Å². The van der Waals surface area contributed by atoms with Crippen molar-refractivity contribution in [1.29, 1.82) is 0 Å². The summed E-state index contributed by atoms with van der Waals surface area (Å²) in [5.41, 5.74) is 27.1. The molecule has 0 radical (unpaired) electrons. The van der Waals surface area contributed by atoms with Crippen LogP contribution in [0.15, 0.2) is 91.0 Å². The molecule has 8 nitrogen and oxygen atoms in total. The summed E-state index contributed by atoms with van der Waals surface area (Å²) in [7, 11) is 0. The maximum absolute atomic E-state index is 14.1. The molecule has 2 aliphatic rings. The normalized spacial score (nSPS) is 13.6. The van der Waals surface area contributed by atoms with Crippen molar-refractivity contribution in [2.75, 3.05) is 21.3 Å². The lowest BCUT2D eigenvalue weighted by Gasteiger charge is -2.28. The Bertz CT molecular complexity index is 2680. The third kappa shape index (κ3) is 5.28. The minimum atomic E-state index is -0.361. The zero-order valence-corrected chi connectivity index (χ0v) is 31.8. The predicted octanol–water partition coefficient (Wildman–Crippen LogP) is 9.61. The van der Waals surface area contributed by atoms with Crippen molar-refractivity contribution >= 4 is 46.4 Å². The van der Waals surface area contributed by atoms with Crippen LogP contribution >= 0.6 is 0 Å². The van der Waals surface area contributed by atoms with Crippen LogP contribution in [0.2, 0.25) is 0 Å². The van der Waals surface area contributed by atoms with Crippen molar-refractivity contribution in [3.8, 4) is 33.4 Å². The Hall–Kier alpha value is -6.80. The minimum Gasteiger partial charge on any atom is -0.399 e. The number of nitrogens with zero attached hydrogens (tertiary/aromatic N) is 2. The largest absolute Gasteiger partial charge is 0.399 e. The number of carbonyl (C=O) groups is 4. The van der Waals surface area contributed by atoms with Crippen molar-refractivity contribution in [1.82, 2.24) is 0 Å². The number of amides is 4. The van der Waals surface area contributed by atoms with E-state index in [4.69, 9.17) is 11.5 Å². The Labute approximate surface area is 320 Å². The average Bonchev–Trinajstić information content (AvgIpc) is 3.56. The number of carbonyl (C=O) groups excluding carboxylic acids is 4. The maximum atomic E-state index is 14.1. The first-order chi connectivity index (χ1) is 26.2. The first-order valence-electron chi connectivity index (χ1n) is 18.2. The van der Waals surface area contributed by atoms with Crippen LogP contribution in [0, 0.1) is 48.5 Å². The van der Waals surface area contributed by atoms with Gasteiger partial charge in [0.05, 0.1) is 33.6 Å². The number of hydrogen-bond acceptors (Lipinski definition) is 6. The van der Waals surface area contributed by atoms with Crippen LogP contribution in [0.5, 0.6) is 0 Å². The summed E-state index contributed by atoms with van der Waals surface area (Å²) in [6.45, 7) is 13.8. The van der Waals surface area contributed by atoms with Gasteiger partial charge in [-0.15, -0.1) is 0 Å². The number of nitrogens with two attached hydrogens (primary N) is 2. The zero-order chi connectivity index (χ0) is 39.2. The van der Waals surface area contributed by atoms with Gasteiger partial charge < -0.3 is 11.5 Å². The molecule has 4 N–H and O–H groups in total. The molecule has 6 aromatic carbocycles. The van der Waals surface area contributed by atoms with Crippen LogP contribution in [0.25, 0.3) is 33.4 Å². The van der Waals surface area contributed by atoms with Crippen LogP contribution < -0.4 is 21.3 Å². The number of aryl methyl sites for hydroxylation is 1. The van der Waals surface area contributed by atoms with E-state index in [9.17, 15) is 19.2 Å². The number of nitrogen functional groups attached to an aromatic ring is 2. The molecule has 2 heterocycles. The van der Waals surface area contributed by atoms with Crippen molar-refractivity contribution in [3.63, 3.8) is 0 Å². The molecule has 8 rings (SSSR count). The van der Waals surface area contributed by atoms with E-state index >= 15 is 0 Å². The molecule has 0 atom stereocenters. The zero-order valence-electron chi connectivity index (χ0n) is 31.8. The fourth-order valence-electron chi connectivity index (χ4n) is 8.30. The predicted molar refractivity (Wildman–Crippen MR) is 220 cm³/mol. The van der Waals surface area contributed by atoms with E-state index in [0.29, 0.717) is 45.0 Å². The van der Waals surface area contributed by atoms with E-state index in [1.54, 1.807) is 24.3 Å². The quantitative estimate of drug-likeness (QED) is 0.135. The fraction of sp³-hybridized carbons (Fsp3) is 0.149. The van der Waals surface area contributed by atoms with Crippen LogP contribution in [-0.4, -0.2) is 23.6 Å². The highest BCUT2D eigenvalue weighted by Crippen LogP contribution is 2.45. The molecule has 0 aliphatic carbocycles. The number of benzene rings is 6. The number of fused-ring (bicyclic) bond motifs is 2. The monoisotopic (exact) mass is 724 g/mol. The molecule has 0 saturated carbocycles. The summed E-state index contributed by atoms with van der Waals surface area (Å²) in [4.78, 5) is 58.6. The van der Waals surface area contributed by atoms with Crippen molar-refractivity contribution in [2.24, 2.45) is 0 Å². The SMILES string of the molecule is Cc1cc(-c2c(C)c(C)c(N3C(=O)c4ccc(-c5ccc(N)cc5)cc4C3=O)c(C)c2C)c(C)c(C)c1N1C(=O)c2ccc(-c3ccc(N)cc3)cc2C1=O. The highest BCUT2D eigenvalue weighted by molar-refractivity contribution is 6.36. The van der Waals surface area contributed by atoms with Gasteiger partial charge in [0.2, 0.25) is 0 Å². The van der Waals surface area contributed by atoms with Gasteiger partial charge in [0.25, 0.3) is 23.6 Å². The van der Waals surface area contributed by atoms with E-state index in [0.717, 1.165) is 72.3 Å². The lowest BCUT2D eigenvalue weighted by Crippen LogP contribution is -2.31. The molecule has 0 fully saturated rings. The van der Waals surface area contributed by atoms with E-state index in [1.807, 2.05) is 115 Å². The molecule has 0 saturated heterocycles. The van der Waals surface area contributed by atoms with E-state index < -0.39 is 0 Å². The Kier molecular flexibility index (Phi) is 8.11. The molecule has 2 aliphatic heterocycles. The van der Waals surface area contributed by atoms with Gasteiger partial charge >= 0.3 is 0 Å². The summed E-state index contributed by atoms with van der Waals surface area (Å²) in [5, 5.41) is 0. The summed E-state index contributed by atoms with van der Waals surface area (Å²) in [5.74, 6) is -1.42. The Morgan fingerprint density at radius 1 is 0.364 bits per heavy atom. The molecule has 0 spiro atoms. The molecular weight excluding hydrogens is 685 g/mol. The highest BCUT2D eigenvalue weighted by atomic mass is 16.2.